The fourth-order valence-corrected chi connectivity index (χ4v) is 4.17. The molecule has 0 bridgehead atoms. The lowest BCUT2D eigenvalue weighted by Gasteiger charge is -2.38. The Labute approximate surface area is 175 Å². The zero-order valence-electron chi connectivity index (χ0n) is 15.4. The fraction of sp³-hybridized carbons (Fsp3) is 0.250. The highest BCUT2D eigenvalue weighted by atomic mass is 79.9. The van der Waals surface area contributed by atoms with Crippen LogP contribution in [0.1, 0.15) is 25.8 Å². The maximum atomic E-state index is 12.8. The Hall–Kier alpha value is -2.32. The van der Waals surface area contributed by atoms with E-state index in [0.29, 0.717) is 12.0 Å². The average Bonchev–Trinajstić information content (AvgIpc) is 2.99. The third-order valence-electron chi connectivity index (χ3n) is 4.37. The smallest absolute Gasteiger partial charge is 0.356 e. The first-order chi connectivity index (χ1) is 13.4. The zero-order chi connectivity index (χ0) is 20.3. The molecule has 8 heteroatoms. The molecule has 0 unspecified atom stereocenters. The Morgan fingerprint density at radius 3 is 2.71 bits per heavy atom. The minimum absolute atomic E-state index is 0.121. The van der Waals surface area contributed by atoms with Gasteiger partial charge < -0.3 is 10.1 Å². The van der Waals surface area contributed by atoms with Gasteiger partial charge in [-0.2, -0.15) is 0 Å². The number of rotatable bonds is 6. The highest BCUT2D eigenvalue weighted by Gasteiger charge is 2.51. The molecule has 1 atom stereocenters. The van der Waals surface area contributed by atoms with Crippen LogP contribution in [0.2, 0.25) is 0 Å². The molecule has 1 N–H and O–H groups in total. The standard InChI is InChI=1S/C20H19BrN2O4S/c1-3-15-16-10-17(28-9-8-22-12(2)24)18(23(16)19(15)25)20(26)27-11-13-4-6-14(21)7-5-13/h3-9,16H,10-11H2,1-2H3,(H,22,24)/b9-8+,15-3+/t16-/m1/s1. The lowest BCUT2D eigenvalue weighted by atomic mass is 9.94. The van der Waals surface area contributed by atoms with E-state index >= 15 is 0 Å². The van der Waals surface area contributed by atoms with Gasteiger partial charge in [-0.1, -0.05) is 45.9 Å². The maximum absolute atomic E-state index is 12.8. The number of halogens is 1. The topological polar surface area (TPSA) is 75.7 Å². The number of thioether (sulfide) groups is 1. The Morgan fingerprint density at radius 2 is 2.07 bits per heavy atom. The van der Waals surface area contributed by atoms with Crippen molar-refractivity contribution in [1.29, 1.82) is 0 Å². The quantitative estimate of drug-likeness (QED) is 0.397. The molecule has 3 rings (SSSR count). The largest absolute Gasteiger partial charge is 0.456 e. The molecule has 28 heavy (non-hydrogen) atoms. The number of allylic oxidation sites excluding steroid dienone is 1. The minimum Gasteiger partial charge on any atom is -0.456 e. The number of β-lactam (4-membered cyclic amide) rings is 1. The summed E-state index contributed by atoms with van der Waals surface area (Å²) < 4.78 is 6.41. The lowest BCUT2D eigenvalue weighted by molar-refractivity contribution is -0.147. The van der Waals surface area contributed by atoms with Crippen molar-refractivity contribution in [1.82, 2.24) is 10.2 Å². The molecule has 0 spiro atoms. The van der Waals surface area contributed by atoms with E-state index in [1.54, 1.807) is 11.5 Å². The number of carbonyl (C=O) groups is 3. The van der Waals surface area contributed by atoms with Gasteiger partial charge in [-0.05, 0) is 30.0 Å². The number of ether oxygens (including phenoxy) is 1. The molecule has 2 heterocycles. The van der Waals surface area contributed by atoms with E-state index in [0.717, 1.165) is 14.9 Å². The number of esters is 1. The normalized spacial score (nSPS) is 19.8. The fourth-order valence-electron chi connectivity index (χ4n) is 3.06. The second kappa shape index (κ2) is 8.79. The number of benzene rings is 1. The van der Waals surface area contributed by atoms with Crippen LogP contribution in [-0.4, -0.2) is 28.7 Å². The zero-order valence-corrected chi connectivity index (χ0v) is 17.8. The molecule has 2 aliphatic heterocycles. The van der Waals surface area contributed by atoms with E-state index in [2.05, 4.69) is 21.2 Å². The highest BCUT2D eigenvalue weighted by molar-refractivity contribution is 9.10. The number of nitrogens with zero attached hydrogens (tertiary/aromatic N) is 1. The molecule has 0 saturated carbocycles. The summed E-state index contributed by atoms with van der Waals surface area (Å²) in [5.41, 5.74) is 1.85. The van der Waals surface area contributed by atoms with Crippen LogP contribution < -0.4 is 5.32 Å². The van der Waals surface area contributed by atoms with Gasteiger partial charge in [-0.25, -0.2) is 4.79 Å². The van der Waals surface area contributed by atoms with Gasteiger partial charge in [0.2, 0.25) is 5.91 Å². The van der Waals surface area contributed by atoms with Gasteiger partial charge in [0, 0.05) is 34.5 Å². The van der Waals surface area contributed by atoms with E-state index in [4.69, 9.17) is 4.74 Å². The van der Waals surface area contributed by atoms with Crippen molar-refractivity contribution >= 4 is 45.5 Å². The SMILES string of the molecule is C/C=C1/C(=O)N2C(C(=O)OCc3ccc(Br)cc3)=C(S/C=C/NC(C)=O)C[C@H]12. The van der Waals surface area contributed by atoms with Gasteiger partial charge in [-0.3, -0.25) is 14.5 Å². The van der Waals surface area contributed by atoms with Crippen LogP contribution in [0, 0.1) is 0 Å². The second-order valence-corrected chi connectivity index (χ2v) is 8.15. The lowest BCUT2D eigenvalue weighted by Crippen LogP contribution is -2.52. The number of carbonyl (C=O) groups excluding carboxylic acids is 3. The summed E-state index contributed by atoms with van der Waals surface area (Å²) in [7, 11) is 0. The van der Waals surface area contributed by atoms with Gasteiger partial charge in [0.25, 0.3) is 5.91 Å². The Balaban J connectivity index is 1.75. The van der Waals surface area contributed by atoms with E-state index in [1.165, 1.54) is 29.8 Å². The number of fused-ring (bicyclic) bond motifs is 1. The molecule has 1 aromatic carbocycles. The number of amides is 2. The van der Waals surface area contributed by atoms with Crippen molar-refractivity contribution in [3.63, 3.8) is 0 Å². The highest BCUT2D eigenvalue weighted by Crippen LogP contribution is 2.46. The molecule has 1 fully saturated rings. The van der Waals surface area contributed by atoms with Crippen molar-refractivity contribution in [2.24, 2.45) is 0 Å². The molecule has 2 aliphatic rings. The third kappa shape index (κ3) is 4.23. The van der Waals surface area contributed by atoms with E-state index in [-0.39, 0.29) is 30.2 Å². The minimum atomic E-state index is -0.524. The molecule has 1 saturated heterocycles. The van der Waals surface area contributed by atoms with Crippen molar-refractivity contribution in [2.75, 3.05) is 0 Å². The van der Waals surface area contributed by atoms with Crippen molar-refractivity contribution in [2.45, 2.75) is 32.9 Å². The summed E-state index contributed by atoms with van der Waals surface area (Å²) in [5, 5.41) is 4.24. The van der Waals surface area contributed by atoms with Gasteiger partial charge in [0.05, 0.1) is 6.04 Å². The summed E-state index contributed by atoms with van der Waals surface area (Å²) in [6.07, 6.45) is 3.86. The molecule has 0 radical (unpaired) electrons. The monoisotopic (exact) mass is 462 g/mol. The molecule has 2 amide bonds. The van der Waals surface area contributed by atoms with Crippen LogP contribution in [0.3, 0.4) is 0 Å². The van der Waals surface area contributed by atoms with E-state index in [9.17, 15) is 14.4 Å². The molecule has 146 valence electrons. The Bertz CT molecular complexity index is 905. The van der Waals surface area contributed by atoms with E-state index < -0.39 is 5.97 Å². The predicted octanol–water partition coefficient (Wildman–Crippen LogP) is 3.61. The first kappa shape index (κ1) is 20.4. The number of hydrogen-bond acceptors (Lipinski definition) is 5. The van der Waals surface area contributed by atoms with Crippen molar-refractivity contribution in [3.05, 3.63) is 68.2 Å². The molecule has 0 aliphatic carbocycles. The summed E-state index contributed by atoms with van der Waals surface area (Å²) in [6.45, 7) is 3.36. The predicted molar refractivity (Wildman–Crippen MR) is 111 cm³/mol. The van der Waals surface area contributed by atoms with Gasteiger partial charge in [0.1, 0.15) is 12.3 Å². The summed E-state index contributed by atoms with van der Waals surface area (Å²) >= 11 is 4.67. The van der Waals surface area contributed by atoms with Crippen LogP contribution in [-0.2, 0) is 25.7 Å². The first-order valence-corrected chi connectivity index (χ1v) is 10.3. The molecule has 0 aromatic heterocycles. The van der Waals surface area contributed by atoms with Crippen LogP contribution in [0.15, 0.2) is 62.6 Å². The first-order valence-electron chi connectivity index (χ1n) is 8.65. The van der Waals surface area contributed by atoms with Gasteiger partial charge in [0.15, 0.2) is 0 Å². The second-order valence-electron chi connectivity index (χ2n) is 6.23. The van der Waals surface area contributed by atoms with Crippen LogP contribution in [0.4, 0.5) is 0 Å². The molecular weight excluding hydrogens is 444 g/mol. The number of hydrogen-bond donors (Lipinski definition) is 1. The van der Waals surface area contributed by atoms with Gasteiger partial charge >= 0.3 is 5.97 Å². The van der Waals surface area contributed by atoms with Crippen LogP contribution >= 0.6 is 27.7 Å². The summed E-state index contributed by atoms with van der Waals surface area (Å²) in [6, 6.07) is 7.35. The Kier molecular flexibility index (Phi) is 6.41. The van der Waals surface area contributed by atoms with E-state index in [1.807, 2.05) is 31.2 Å². The summed E-state index contributed by atoms with van der Waals surface area (Å²) in [5.74, 6) is -0.865. The van der Waals surface area contributed by atoms with Crippen LogP contribution in [0.5, 0.6) is 0 Å². The molecular formula is C20H19BrN2O4S. The van der Waals surface area contributed by atoms with Gasteiger partial charge in [-0.15, -0.1) is 0 Å². The summed E-state index contributed by atoms with van der Waals surface area (Å²) in [4.78, 5) is 38.4. The average molecular weight is 463 g/mol. The number of nitrogens with one attached hydrogen (secondary N) is 1. The van der Waals surface area contributed by atoms with Crippen molar-refractivity contribution in [3.8, 4) is 0 Å². The Morgan fingerprint density at radius 1 is 1.36 bits per heavy atom. The van der Waals surface area contributed by atoms with Crippen LogP contribution in [0.25, 0.3) is 0 Å². The van der Waals surface area contributed by atoms with Crippen molar-refractivity contribution < 1.29 is 19.1 Å². The molecule has 1 aromatic rings. The third-order valence-corrected chi connectivity index (χ3v) is 5.82. The molecule has 6 nitrogen and oxygen atoms in total. The maximum Gasteiger partial charge on any atom is 0.356 e.